The summed E-state index contributed by atoms with van der Waals surface area (Å²) in [6.45, 7) is 0.756. The number of carbonyl (C=O) groups excluding carboxylic acids is 2. The zero-order valence-corrected chi connectivity index (χ0v) is 9.17. The van der Waals surface area contributed by atoms with Crippen molar-refractivity contribution in [1.82, 2.24) is 4.90 Å². The highest BCUT2D eigenvalue weighted by atomic mass is 16.5. The lowest BCUT2D eigenvalue weighted by Gasteiger charge is -2.31. The van der Waals surface area contributed by atoms with E-state index in [0.717, 1.165) is 0 Å². The normalized spacial score (nSPS) is 32.0. The fraction of sp³-hybridized carbons (Fsp3) is 0.700. The van der Waals surface area contributed by atoms with E-state index in [1.165, 1.54) is 4.90 Å². The van der Waals surface area contributed by atoms with Gasteiger partial charge in [-0.1, -0.05) is 0 Å². The predicted octanol–water partition coefficient (Wildman–Crippen LogP) is -1.58. The van der Waals surface area contributed by atoms with Crippen molar-refractivity contribution in [3.63, 3.8) is 0 Å². The van der Waals surface area contributed by atoms with Crippen LogP contribution in [-0.2, 0) is 19.1 Å². The van der Waals surface area contributed by atoms with E-state index in [1.54, 1.807) is 0 Å². The van der Waals surface area contributed by atoms with Gasteiger partial charge in [0.15, 0.2) is 6.10 Å². The molecule has 17 heavy (non-hydrogen) atoms. The second-order valence-electron chi connectivity index (χ2n) is 4.33. The van der Waals surface area contributed by atoms with Gasteiger partial charge in [-0.15, -0.1) is 0 Å². The summed E-state index contributed by atoms with van der Waals surface area (Å²) in [4.78, 5) is 35.0. The van der Waals surface area contributed by atoms with Gasteiger partial charge in [-0.05, 0) is 6.42 Å². The monoisotopic (exact) mass is 242 g/mol. The number of primary amides is 1. The van der Waals surface area contributed by atoms with Crippen LogP contribution >= 0.6 is 0 Å². The first-order valence-electron chi connectivity index (χ1n) is 5.43. The van der Waals surface area contributed by atoms with Crippen molar-refractivity contribution in [3.05, 3.63) is 0 Å². The first-order chi connectivity index (χ1) is 8.00. The lowest BCUT2D eigenvalue weighted by Crippen LogP contribution is -2.51. The van der Waals surface area contributed by atoms with Crippen molar-refractivity contribution in [2.75, 3.05) is 19.7 Å². The van der Waals surface area contributed by atoms with Gasteiger partial charge in [0, 0.05) is 6.54 Å². The summed E-state index contributed by atoms with van der Waals surface area (Å²) in [6, 6.07) is 0. The number of hydrogen-bond donors (Lipinski definition) is 2. The molecular formula is C10H14N2O5. The number of ether oxygens (including phenoxy) is 1. The number of carboxylic acids is 1. The van der Waals surface area contributed by atoms with Gasteiger partial charge in [-0.25, -0.2) is 0 Å². The van der Waals surface area contributed by atoms with Crippen LogP contribution in [0.3, 0.4) is 0 Å². The third kappa shape index (κ3) is 2.38. The van der Waals surface area contributed by atoms with Crippen LogP contribution in [0.5, 0.6) is 0 Å². The van der Waals surface area contributed by atoms with Crippen molar-refractivity contribution < 1.29 is 24.2 Å². The fourth-order valence-corrected chi connectivity index (χ4v) is 2.00. The van der Waals surface area contributed by atoms with E-state index < -0.39 is 29.8 Å². The first kappa shape index (κ1) is 11.8. The van der Waals surface area contributed by atoms with Gasteiger partial charge in [-0.3, -0.25) is 14.4 Å². The first-order valence-corrected chi connectivity index (χ1v) is 5.43. The Balaban J connectivity index is 1.92. The van der Waals surface area contributed by atoms with Crippen LogP contribution in [0, 0.1) is 11.8 Å². The molecule has 94 valence electrons. The Morgan fingerprint density at radius 1 is 1.29 bits per heavy atom. The second-order valence-corrected chi connectivity index (χ2v) is 4.33. The minimum Gasteiger partial charge on any atom is -0.481 e. The summed E-state index contributed by atoms with van der Waals surface area (Å²) in [7, 11) is 0. The molecule has 0 unspecified atom stereocenters. The van der Waals surface area contributed by atoms with Crippen LogP contribution in [0.15, 0.2) is 0 Å². The van der Waals surface area contributed by atoms with Crippen LogP contribution in [0.4, 0.5) is 0 Å². The maximum Gasteiger partial charge on any atom is 0.307 e. The van der Waals surface area contributed by atoms with Gasteiger partial charge in [-0.2, -0.15) is 0 Å². The van der Waals surface area contributed by atoms with Crippen molar-refractivity contribution in [3.8, 4) is 0 Å². The van der Waals surface area contributed by atoms with Gasteiger partial charge in [0.25, 0.3) is 0 Å². The molecule has 0 spiro atoms. The maximum atomic E-state index is 11.9. The number of aliphatic carboxylic acids is 1. The summed E-state index contributed by atoms with van der Waals surface area (Å²) < 4.78 is 5.11. The Hall–Kier alpha value is -1.63. The van der Waals surface area contributed by atoms with E-state index in [2.05, 4.69) is 0 Å². The standard InChI is InChI=1S/C10H14N2O5/c11-8(13)7-4-12(1-2-17-7)9(14)5-3-6(5)10(15)16/h5-7H,1-4H2,(H2,11,13)(H,15,16)/t5-,6-,7+/m1/s1. The molecule has 3 atom stereocenters. The summed E-state index contributed by atoms with van der Waals surface area (Å²) in [5, 5.41) is 8.74. The zero-order chi connectivity index (χ0) is 12.6. The Labute approximate surface area is 97.5 Å². The third-order valence-electron chi connectivity index (χ3n) is 3.12. The molecule has 1 aliphatic carbocycles. The van der Waals surface area contributed by atoms with Gasteiger partial charge in [0.1, 0.15) is 0 Å². The summed E-state index contributed by atoms with van der Waals surface area (Å²) in [5.74, 6) is -2.78. The molecule has 2 rings (SSSR count). The van der Waals surface area contributed by atoms with Crippen LogP contribution in [0.2, 0.25) is 0 Å². The Morgan fingerprint density at radius 2 is 2.00 bits per heavy atom. The summed E-state index contributed by atoms with van der Waals surface area (Å²) in [5.41, 5.74) is 5.10. The Kier molecular flexibility index (Phi) is 3.01. The largest absolute Gasteiger partial charge is 0.481 e. The topological polar surface area (TPSA) is 110 Å². The smallest absolute Gasteiger partial charge is 0.307 e. The number of carboxylic acid groups (broad SMARTS) is 1. The van der Waals surface area contributed by atoms with Crippen LogP contribution in [0.25, 0.3) is 0 Å². The molecule has 1 saturated heterocycles. The number of amides is 2. The molecule has 0 aromatic carbocycles. The molecule has 2 aliphatic rings. The predicted molar refractivity (Wildman–Crippen MR) is 54.7 cm³/mol. The minimum atomic E-state index is -0.942. The molecule has 1 heterocycles. The second kappa shape index (κ2) is 4.33. The van der Waals surface area contributed by atoms with Crippen molar-refractivity contribution in [2.45, 2.75) is 12.5 Å². The highest BCUT2D eigenvalue weighted by Crippen LogP contribution is 2.40. The molecule has 2 amide bonds. The van der Waals surface area contributed by atoms with Crippen LogP contribution in [-0.4, -0.2) is 53.6 Å². The number of nitrogens with two attached hydrogens (primary N) is 1. The molecule has 0 aromatic heterocycles. The Morgan fingerprint density at radius 3 is 2.53 bits per heavy atom. The van der Waals surface area contributed by atoms with E-state index >= 15 is 0 Å². The molecule has 0 bridgehead atoms. The van der Waals surface area contributed by atoms with E-state index in [0.29, 0.717) is 13.0 Å². The molecular weight excluding hydrogens is 228 g/mol. The lowest BCUT2D eigenvalue weighted by molar-refractivity contribution is -0.148. The SMILES string of the molecule is NC(=O)[C@@H]1CN(C(=O)[C@@H]2C[C@H]2C(=O)O)CCO1. The Bertz CT molecular complexity index is 370. The lowest BCUT2D eigenvalue weighted by atomic mass is 10.2. The molecule has 0 radical (unpaired) electrons. The molecule has 2 fully saturated rings. The highest BCUT2D eigenvalue weighted by molar-refractivity contribution is 5.90. The molecule has 3 N–H and O–H groups in total. The van der Waals surface area contributed by atoms with Crippen molar-refractivity contribution in [2.24, 2.45) is 17.6 Å². The molecule has 1 aliphatic heterocycles. The quantitative estimate of drug-likeness (QED) is 0.620. The number of carbonyl (C=O) groups is 3. The summed E-state index contributed by atoms with van der Waals surface area (Å²) in [6.07, 6.45) is -0.401. The van der Waals surface area contributed by atoms with E-state index in [4.69, 9.17) is 15.6 Å². The van der Waals surface area contributed by atoms with Gasteiger partial charge in [0.05, 0.1) is 25.0 Å². The average Bonchev–Trinajstić information content (AvgIpc) is 3.08. The van der Waals surface area contributed by atoms with Crippen LogP contribution < -0.4 is 5.73 Å². The van der Waals surface area contributed by atoms with Gasteiger partial charge < -0.3 is 20.5 Å². The van der Waals surface area contributed by atoms with E-state index in [9.17, 15) is 14.4 Å². The third-order valence-corrected chi connectivity index (χ3v) is 3.12. The van der Waals surface area contributed by atoms with Crippen LogP contribution in [0.1, 0.15) is 6.42 Å². The summed E-state index contributed by atoms with van der Waals surface area (Å²) >= 11 is 0. The average molecular weight is 242 g/mol. The molecule has 0 aromatic rings. The van der Waals surface area contributed by atoms with Gasteiger partial charge in [0.2, 0.25) is 11.8 Å². The number of hydrogen-bond acceptors (Lipinski definition) is 4. The van der Waals surface area contributed by atoms with Crippen molar-refractivity contribution in [1.29, 1.82) is 0 Å². The van der Waals surface area contributed by atoms with Crippen molar-refractivity contribution >= 4 is 17.8 Å². The van der Waals surface area contributed by atoms with E-state index in [1.807, 2.05) is 0 Å². The number of morpholine rings is 1. The maximum absolute atomic E-state index is 11.9. The number of rotatable bonds is 3. The number of nitrogens with zero attached hydrogens (tertiary/aromatic N) is 1. The highest BCUT2D eigenvalue weighted by Gasteiger charge is 2.50. The molecule has 7 heteroatoms. The minimum absolute atomic E-state index is 0.122. The van der Waals surface area contributed by atoms with Gasteiger partial charge >= 0.3 is 5.97 Å². The molecule has 7 nitrogen and oxygen atoms in total. The van der Waals surface area contributed by atoms with E-state index in [-0.39, 0.29) is 19.1 Å². The molecule has 1 saturated carbocycles. The fourth-order valence-electron chi connectivity index (χ4n) is 2.00. The zero-order valence-electron chi connectivity index (χ0n) is 9.17.